The van der Waals surface area contributed by atoms with Gasteiger partial charge in [-0.15, -0.1) is 0 Å². The number of piperidine rings is 1. The molecule has 11 heteroatoms. The number of aromatic nitrogens is 1. The average Bonchev–Trinajstić information content (AvgIpc) is 3.21. The molecule has 0 bridgehead atoms. The molecule has 1 aromatic carbocycles. The predicted octanol–water partition coefficient (Wildman–Crippen LogP) is 3.23. The van der Waals surface area contributed by atoms with Crippen molar-refractivity contribution >= 4 is 23.9 Å². The Kier molecular flexibility index (Phi) is 7.27. The topological polar surface area (TPSA) is 144 Å². The first kappa shape index (κ1) is 27.0. The number of hydrogen-bond donors (Lipinski definition) is 2. The number of hydrogen-bond acceptors (Lipinski definition) is 7. The third kappa shape index (κ3) is 5.57. The molecule has 216 valence electrons. The number of amides is 5. The van der Waals surface area contributed by atoms with Crippen LogP contribution in [0.25, 0.3) is 0 Å². The lowest BCUT2D eigenvalue weighted by atomic mass is 9.52. The number of nitrogens with zero attached hydrogens (tertiary/aromatic N) is 3. The summed E-state index contributed by atoms with van der Waals surface area (Å²) < 4.78 is 11.4. The van der Waals surface area contributed by atoms with Gasteiger partial charge in [-0.2, -0.15) is 0 Å². The fourth-order valence-corrected chi connectivity index (χ4v) is 6.82. The number of rotatable bonds is 8. The van der Waals surface area contributed by atoms with Gasteiger partial charge in [0.25, 0.3) is 11.8 Å². The van der Waals surface area contributed by atoms with Crippen molar-refractivity contribution in [3.05, 3.63) is 59.8 Å². The fourth-order valence-electron chi connectivity index (χ4n) is 6.82. The van der Waals surface area contributed by atoms with Crippen molar-refractivity contribution in [1.29, 1.82) is 0 Å². The second-order valence-corrected chi connectivity index (χ2v) is 11.8. The monoisotopic (exact) mass is 561 g/mol. The lowest BCUT2D eigenvalue weighted by Crippen LogP contribution is -2.60. The van der Waals surface area contributed by atoms with E-state index in [0.717, 1.165) is 44.1 Å². The molecule has 3 N–H and O–H groups in total. The number of imide groups is 1. The molecule has 1 spiro atoms. The summed E-state index contributed by atoms with van der Waals surface area (Å²) in [6.45, 7) is 1.39. The van der Waals surface area contributed by atoms with Crippen LogP contribution in [0.3, 0.4) is 0 Å². The molecule has 11 nitrogen and oxygen atoms in total. The smallest absolute Gasteiger partial charge is 0.410 e. The van der Waals surface area contributed by atoms with E-state index in [4.69, 9.17) is 15.2 Å². The number of carbonyl (C=O) groups excluding carboxylic acids is 4. The van der Waals surface area contributed by atoms with Crippen molar-refractivity contribution in [2.75, 3.05) is 13.1 Å². The van der Waals surface area contributed by atoms with Gasteiger partial charge in [0.15, 0.2) is 0 Å². The molecular weight excluding hydrogens is 526 g/mol. The standard InChI is InChI=1S/C30H35N5O6/c31-25(36)23-7-4-10-32-26(23)41-22-16-30(17-22)14-21(15-30)35-27(37)24(33-28(35)38)13-19-8-11-34(12-9-19)29(39)40-18-20-5-2-1-3-6-20/h1-7,10,19,21-22,24H,8-9,11-18H2,(H2,31,36)(H,33,38)/t21?,22?,24-,30?/m1/s1. The van der Waals surface area contributed by atoms with Gasteiger partial charge >= 0.3 is 12.1 Å². The van der Waals surface area contributed by atoms with Crippen molar-refractivity contribution in [2.45, 2.75) is 69.7 Å². The molecule has 0 radical (unpaired) electrons. The van der Waals surface area contributed by atoms with Gasteiger partial charge in [0, 0.05) is 25.3 Å². The van der Waals surface area contributed by atoms with E-state index in [-0.39, 0.29) is 59.6 Å². The van der Waals surface area contributed by atoms with Crippen LogP contribution in [0.15, 0.2) is 48.7 Å². The Morgan fingerprint density at radius 1 is 1.02 bits per heavy atom. The second kappa shape index (κ2) is 11.0. The number of nitrogens with one attached hydrogen (secondary N) is 1. The van der Waals surface area contributed by atoms with E-state index in [9.17, 15) is 19.2 Å². The van der Waals surface area contributed by atoms with Gasteiger partial charge in [-0.3, -0.25) is 14.5 Å². The van der Waals surface area contributed by atoms with E-state index in [1.165, 1.54) is 4.90 Å². The summed E-state index contributed by atoms with van der Waals surface area (Å²) in [6, 6.07) is 11.9. The zero-order valence-electron chi connectivity index (χ0n) is 22.9. The molecule has 2 saturated carbocycles. The summed E-state index contributed by atoms with van der Waals surface area (Å²) in [5.74, 6) is -0.226. The summed E-state index contributed by atoms with van der Waals surface area (Å²) in [6.07, 6.45) is 6.38. The highest BCUT2D eigenvalue weighted by molar-refractivity contribution is 6.04. The third-order valence-corrected chi connectivity index (χ3v) is 9.04. The zero-order valence-corrected chi connectivity index (χ0v) is 22.9. The van der Waals surface area contributed by atoms with Crippen molar-refractivity contribution in [1.82, 2.24) is 20.1 Å². The molecule has 0 unspecified atom stereocenters. The molecule has 4 aliphatic rings. The van der Waals surface area contributed by atoms with Crippen LogP contribution in [0.1, 0.15) is 60.9 Å². The molecule has 41 heavy (non-hydrogen) atoms. The maximum absolute atomic E-state index is 13.2. The summed E-state index contributed by atoms with van der Waals surface area (Å²) >= 11 is 0. The quantitative estimate of drug-likeness (QED) is 0.471. The van der Waals surface area contributed by atoms with Crippen molar-refractivity contribution in [3.8, 4) is 5.88 Å². The Morgan fingerprint density at radius 3 is 2.46 bits per heavy atom. The number of nitrogens with two attached hydrogens (primary N) is 1. The maximum Gasteiger partial charge on any atom is 0.410 e. The minimum Gasteiger partial charge on any atom is -0.474 e. The van der Waals surface area contributed by atoms with Crippen molar-refractivity contribution in [2.24, 2.45) is 17.1 Å². The Labute approximate surface area is 238 Å². The number of likely N-dealkylation sites (tertiary alicyclic amines) is 1. The largest absolute Gasteiger partial charge is 0.474 e. The fraction of sp³-hybridized carbons (Fsp3) is 0.500. The van der Waals surface area contributed by atoms with E-state index in [1.54, 1.807) is 23.2 Å². The highest BCUT2D eigenvalue weighted by Crippen LogP contribution is 2.58. The molecule has 1 aromatic heterocycles. The SMILES string of the molecule is NC(=O)c1cccnc1OC1CC2(C1)CC(N1C(=O)N[C@H](CC3CCN(C(=O)OCc4ccccc4)CC3)C1=O)C2. The van der Waals surface area contributed by atoms with Gasteiger partial charge in [-0.1, -0.05) is 30.3 Å². The number of carbonyl (C=O) groups is 4. The molecule has 2 aliphatic carbocycles. The highest BCUT2D eigenvalue weighted by Gasteiger charge is 2.58. The molecule has 2 aliphatic heterocycles. The van der Waals surface area contributed by atoms with Gasteiger partial charge in [0.2, 0.25) is 5.88 Å². The number of primary amides is 1. The van der Waals surface area contributed by atoms with Gasteiger partial charge in [-0.25, -0.2) is 14.6 Å². The van der Waals surface area contributed by atoms with E-state index in [0.29, 0.717) is 19.5 Å². The normalized spacial score (nSPS) is 27.7. The second-order valence-electron chi connectivity index (χ2n) is 11.8. The van der Waals surface area contributed by atoms with Gasteiger partial charge in [0.05, 0.1) is 0 Å². The third-order valence-electron chi connectivity index (χ3n) is 9.04. The number of benzene rings is 1. The van der Waals surface area contributed by atoms with Crippen molar-refractivity contribution < 1.29 is 28.7 Å². The Bertz CT molecular complexity index is 1310. The number of pyridine rings is 1. The van der Waals surface area contributed by atoms with E-state index in [2.05, 4.69) is 10.3 Å². The molecule has 4 fully saturated rings. The van der Waals surface area contributed by atoms with Crippen LogP contribution in [0, 0.1) is 11.3 Å². The lowest BCUT2D eigenvalue weighted by molar-refractivity contribution is -0.141. The minimum atomic E-state index is -0.578. The zero-order chi connectivity index (χ0) is 28.6. The van der Waals surface area contributed by atoms with E-state index >= 15 is 0 Å². The van der Waals surface area contributed by atoms with Gasteiger partial charge in [0.1, 0.15) is 24.3 Å². The molecule has 3 heterocycles. The van der Waals surface area contributed by atoms with E-state index in [1.807, 2.05) is 30.3 Å². The van der Waals surface area contributed by atoms with Crippen LogP contribution in [0.4, 0.5) is 9.59 Å². The van der Waals surface area contributed by atoms with Crippen LogP contribution in [0.2, 0.25) is 0 Å². The van der Waals surface area contributed by atoms with Crippen LogP contribution in [0.5, 0.6) is 5.88 Å². The van der Waals surface area contributed by atoms with Crippen LogP contribution in [-0.2, 0) is 16.1 Å². The summed E-state index contributed by atoms with van der Waals surface area (Å²) in [5, 5.41) is 2.90. The molecular formula is C30H35N5O6. The van der Waals surface area contributed by atoms with Crippen LogP contribution in [-0.4, -0.2) is 70.0 Å². The average molecular weight is 562 g/mol. The van der Waals surface area contributed by atoms with Crippen LogP contribution < -0.4 is 15.8 Å². The molecule has 2 aromatic rings. The van der Waals surface area contributed by atoms with Gasteiger partial charge in [-0.05, 0) is 74.0 Å². The maximum atomic E-state index is 13.2. The first-order chi connectivity index (χ1) is 19.8. The first-order valence-corrected chi connectivity index (χ1v) is 14.3. The Balaban J connectivity index is 0.931. The van der Waals surface area contributed by atoms with Gasteiger partial charge < -0.3 is 25.4 Å². The molecule has 1 atom stereocenters. The molecule has 5 amide bonds. The Morgan fingerprint density at radius 2 is 1.76 bits per heavy atom. The highest BCUT2D eigenvalue weighted by atomic mass is 16.6. The first-order valence-electron chi connectivity index (χ1n) is 14.3. The number of urea groups is 1. The summed E-state index contributed by atoms with van der Waals surface area (Å²) in [5.41, 5.74) is 6.68. The van der Waals surface area contributed by atoms with E-state index < -0.39 is 11.9 Å². The Hall–Kier alpha value is -4.15. The van der Waals surface area contributed by atoms with Crippen LogP contribution >= 0.6 is 0 Å². The van der Waals surface area contributed by atoms with Crippen molar-refractivity contribution in [3.63, 3.8) is 0 Å². The molecule has 2 saturated heterocycles. The summed E-state index contributed by atoms with van der Waals surface area (Å²) in [7, 11) is 0. The lowest BCUT2D eigenvalue weighted by Gasteiger charge is -2.58. The minimum absolute atomic E-state index is 0.0532. The summed E-state index contributed by atoms with van der Waals surface area (Å²) in [4.78, 5) is 57.4. The predicted molar refractivity (Wildman–Crippen MR) is 147 cm³/mol. The number of ether oxygens (including phenoxy) is 2. The molecule has 6 rings (SSSR count).